The Bertz CT molecular complexity index is 1580. The topological polar surface area (TPSA) is 153 Å². The second-order valence-electron chi connectivity index (χ2n) is 11.7. The van der Waals surface area contributed by atoms with Crippen LogP contribution in [0.2, 0.25) is 0 Å². The van der Waals surface area contributed by atoms with Gasteiger partial charge in [-0.1, -0.05) is 6.92 Å². The molecule has 0 aromatic carbocycles. The maximum absolute atomic E-state index is 12.5. The number of nitrogens with one attached hydrogen (secondary N) is 2. The number of fused-ring (bicyclic) bond motifs is 3. The third-order valence-electron chi connectivity index (χ3n) is 8.52. The molecule has 4 N–H and O–H groups in total. The van der Waals surface area contributed by atoms with Gasteiger partial charge in [0.2, 0.25) is 5.88 Å². The lowest BCUT2D eigenvalue weighted by Crippen LogP contribution is -2.36. The summed E-state index contributed by atoms with van der Waals surface area (Å²) in [6, 6.07) is 5.45. The summed E-state index contributed by atoms with van der Waals surface area (Å²) < 4.78 is 31.8. The molecule has 1 spiro atoms. The summed E-state index contributed by atoms with van der Waals surface area (Å²) in [6.45, 7) is 9.61. The van der Waals surface area contributed by atoms with E-state index >= 15 is 0 Å². The first kappa shape index (κ1) is 28.2. The number of rotatable bonds is 9. The van der Waals surface area contributed by atoms with Gasteiger partial charge in [-0.2, -0.15) is 0 Å². The Labute approximate surface area is 235 Å². The van der Waals surface area contributed by atoms with Crippen molar-refractivity contribution in [1.29, 1.82) is 4.78 Å². The van der Waals surface area contributed by atoms with Gasteiger partial charge >= 0.3 is 5.97 Å². The van der Waals surface area contributed by atoms with Crippen molar-refractivity contribution >= 4 is 38.1 Å². The standard InChI is InChI=1S/C29H38N6O4S/c1-7-28(5,30)22-15-33-26(38-16(2)12-17(3)40(6,31)37)21-14-32-24(13-20(21)22)34-23-9-8-19-25(35-23)29(10-11-29)18(4)39-27(19)36/h8-9,13-18,31H,7,10-12,30H2,1-6H3,(H,32,34,35)/t16-,17-,18+,28?,40?/m1/s1. The third-order valence-corrected chi connectivity index (χ3v) is 10.3. The van der Waals surface area contributed by atoms with Crippen LogP contribution in [-0.2, 0) is 25.4 Å². The fourth-order valence-electron chi connectivity index (χ4n) is 5.32. The molecule has 10 nitrogen and oxygen atoms in total. The van der Waals surface area contributed by atoms with Gasteiger partial charge in [-0.25, -0.2) is 24.0 Å². The molecule has 1 aliphatic heterocycles. The average Bonchev–Trinajstić information content (AvgIpc) is 3.69. The van der Waals surface area contributed by atoms with Crippen molar-refractivity contribution < 1.29 is 18.5 Å². The molecule has 0 bridgehead atoms. The van der Waals surface area contributed by atoms with Crippen molar-refractivity contribution in [3.05, 3.63) is 47.4 Å². The molecule has 4 heterocycles. The van der Waals surface area contributed by atoms with Gasteiger partial charge in [0, 0.05) is 39.2 Å². The van der Waals surface area contributed by atoms with Crippen LogP contribution >= 0.6 is 0 Å². The molecule has 1 saturated carbocycles. The predicted octanol–water partition coefficient (Wildman–Crippen LogP) is 5.17. The van der Waals surface area contributed by atoms with E-state index in [1.807, 2.05) is 33.8 Å². The maximum Gasteiger partial charge on any atom is 0.340 e. The SMILES string of the molecule is CCC(C)(N)c1cnc(O[C@H](C)C[C@@H](C)S(C)(=N)=O)c2cnc(Nc3ccc4c(n3)C3(CC3)[C@H](C)OC4=O)cc12. The predicted molar refractivity (Wildman–Crippen MR) is 156 cm³/mol. The summed E-state index contributed by atoms with van der Waals surface area (Å²) in [5, 5.41) is 4.55. The molecule has 1 fully saturated rings. The van der Waals surface area contributed by atoms with E-state index < -0.39 is 15.3 Å². The molecule has 3 aromatic heterocycles. The number of pyridine rings is 3. The number of nitrogens with zero attached hydrogens (tertiary/aromatic N) is 3. The lowest BCUT2D eigenvalue weighted by atomic mass is 9.88. The van der Waals surface area contributed by atoms with Crippen LogP contribution in [0, 0.1) is 4.78 Å². The summed E-state index contributed by atoms with van der Waals surface area (Å²) in [5.41, 5.74) is 8.01. The van der Waals surface area contributed by atoms with E-state index in [1.54, 1.807) is 31.5 Å². The minimum absolute atomic E-state index is 0.200. The van der Waals surface area contributed by atoms with Crippen LogP contribution in [0.5, 0.6) is 5.88 Å². The average molecular weight is 567 g/mol. The molecule has 0 amide bonds. The molecule has 0 saturated heterocycles. The maximum atomic E-state index is 12.5. The normalized spacial score (nSPS) is 22.0. The molecule has 11 heteroatoms. The number of hydrogen-bond donors (Lipinski definition) is 3. The molecule has 3 aromatic rings. The Kier molecular flexibility index (Phi) is 7.02. The summed E-state index contributed by atoms with van der Waals surface area (Å²) in [4.78, 5) is 26.5. The largest absolute Gasteiger partial charge is 0.474 e. The highest BCUT2D eigenvalue weighted by Crippen LogP contribution is 2.54. The fraction of sp³-hybridized carbons (Fsp3) is 0.517. The van der Waals surface area contributed by atoms with Crippen LogP contribution < -0.4 is 15.8 Å². The van der Waals surface area contributed by atoms with Crippen LogP contribution in [0.1, 0.15) is 81.9 Å². The number of carbonyl (C=O) groups is 1. The van der Waals surface area contributed by atoms with Gasteiger partial charge < -0.3 is 20.5 Å². The first-order valence-electron chi connectivity index (χ1n) is 13.7. The molecule has 5 atom stereocenters. The Balaban J connectivity index is 1.50. The first-order chi connectivity index (χ1) is 18.7. The Morgan fingerprint density at radius 3 is 2.62 bits per heavy atom. The quantitative estimate of drug-likeness (QED) is 0.298. The smallest absolute Gasteiger partial charge is 0.340 e. The molecule has 2 unspecified atom stereocenters. The van der Waals surface area contributed by atoms with Crippen LogP contribution in [0.25, 0.3) is 10.8 Å². The molecule has 1 aliphatic carbocycles. The number of esters is 1. The van der Waals surface area contributed by atoms with Crippen molar-refractivity contribution in [2.24, 2.45) is 5.73 Å². The zero-order chi connectivity index (χ0) is 29.0. The van der Waals surface area contributed by atoms with E-state index in [9.17, 15) is 9.00 Å². The minimum atomic E-state index is -2.68. The van der Waals surface area contributed by atoms with Gasteiger partial charge in [0.05, 0.1) is 28.2 Å². The van der Waals surface area contributed by atoms with Crippen LogP contribution in [0.15, 0.2) is 30.6 Å². The van der Waals surface area contributed by atoms with Crippen LogP contribution in [0.4, 0.5) is 11.6 Å². The number of carbonyl (C=O) groups excluding carboxylic acids is 1. The van der Waals surface area contributed by atoms with E-state index in [1.165, 1.54) is 6.26 Å². The van der Waals surface area contributed by atoms with E-state index in [0.29, 0.717) is 41.3 Å². The highest BCUT2D eigenvalue weighted by Gasteiger charge is 2.56. The Morgan fingerprint density at radius 1 is 1.25 bits per heavy atom. The number of ether oxygens (including phenoxy) is 2. The van der Waals surface area contributed by atoms with Gasteiger partial charge in [-0.3, -0.25) is 4.78 Å². The summed E-state index contributed by atoms with van der Waals surface area (Å²) >= 11 is 0. The van der Waals surface area contributed by atoms with E-state index in [2.05, 4.69) is 15.3 Å². The number of hydrogen-bond acceptors (Lipinski definition) is 10. The number of aromatic nitrogens is 3. The monoisotopic (exact) mass is 566 g/mol. The lowest BCUT2D eigenvalue weighted by Gasteiger charge is -2.30. The molecule has 5 rings (SSSR count). The van der Waals surface area contributed by atoms with Crippen molar-refractivity contribution in [2.45, 2.75) is 88.7 Å². The lowest BCUT2D eigenvalue weighted by molar-refractivity contribution is 0.0183. The van der Waals surface area contributed by atoms with Gasteiger partial charge in [-0.15, -0.1) is 0 Å². The molecular formula is C29H38N6O4S. The van der Waals surface area contributed by atoms with E-state index in [-0.39, 0.29) is 28.8 Å². The number of anilines is 2. The van der Waals surface area contributed by atoms with Crippen LogP contribution in [-0.4, -0.2) is 48.8 Å². The summed E-state index contributed by atoms with van der Waals surface area (Å²) in [5.74, 6) is 1.25. The molecule has 214 valence electrons. The zero-order valence-corrected chi connectivity index (χ0v) is 24.7. The van der Waals surface area contributed by atoms with E-state index in [4.69, 9.17) is 25.0 Å². The highest BCUT2D eigenvalue weighted by atomic mass is 32.2. The second-order valence-corrected chi connectivity index (χ2v) is 14.3. The summed E-state index contributed by atoms with van der Waals surface area (Å²) in [6.07, 6.45) is 7.43. The number of cyclic esters (lactones) is 1. The van der Waals surface area contributed by atoms with Crippen molar-refractivity contribution in [2.75, 3.05) is 11.6 Å². The summed E-state index contributed by atoms with van der Waals surface area (Å²) in [7, 11) is -2.68. The highest BCUT2D eigenvalue weighted by molar-refractivity contribution is 7.92. The zero-order valence-electron chi connectivity index (χ0n) is 23.9. The van der Waals surface area contributed by atoms with Crippen LogP contribution in [0.3, 0.4) is 0 Å². The van der Waals surface area contributed by atoms with Gasteiger partial charge in [0.1, 0.15) is 17.7 Å². The van der Waals surface area contributed by atoms with E-state index in [0.717, 1.165) is 29.5 Å². The fourth-order valence-corrected chi connectivity index (χ4v) is 5.96. The third kappa shape index (κ3) is 5.12. The first-order valence-corrected chi connectivity index (χ1v) is 15.7. The Hall–Kier alpha value is -3.31. The molecular weight excluding hydrogens is 528 g/mol. The van der Waals surface area contributed by atoms with Crippen molar-refractivity contribution in [3.63, 3.8) is 0 Å². The molecule has 2 aliphatic rings. The van der Waals surface area contributed by atoms with Gasteiger partial charge in [0.25, 0.3) is 0 Å². The Morgan fingerprint density at radius 2 is 1.98 bits per heavy atom. The second kappa shape index (κ2) is 9.95. The van der Waals surface area contributed by atoms with Crippen molar-refractivity contribution in [3.8, 4) is 5.88 Å². The van der Waals surface area contributed by atoms with Gasteiger partial charge in [0.15, 0.2) is 0 Å². The van der Waals surface area contributed by atoms with Gasteiger partial charge in [-0.05, 0) is 82.5 Å². The van der Waals surface area contributed by atoms with Crippen molar-refractivity contribution in [1.82, 2.24) is 15.0 Å². The number of nitrogens with two attached hydrogens (primary N) is 1. The molecule has 0 radical (unpaired) electrons. The minimum Gasteiger partial charge on any atom is -0.474 e. The molecule has 40 heavy (non-hydrogen) atoms.